The minimum atomic E-state index is -1.04. The Kier molecular flexibility index (Phi) is 10.6. The molecule has 0 saturated carbocycles. The average Bonchev–Trinajstić information content (AvgIpc) is 2.90. The van der Waals surface area contributed by atoms with E-state index < -0.39 is 23.6 Å². The summed E-state index contributed by atoms with van der Waals surface area (Å²) in [6.45, 7) is 8.16. The van der Waals surface area contributed by atoms with E-state index >= 15 is 0 Å². The van der Waals surface area contributed by atoms with E-state index in [2.05, 4.69) is 9.80 Å². The highest BCUT2D eigenvalue weighted by Gasteiger charge is 2.24. The van der Waals surface area contributed by atoms with Crippen molar-refractivity contribution in [2.24, 2.45) is 11.5 Å². The second-order valence-electron chi connectivity index (χ2n) is 8.77. The summed E-state index contributed by atoms with van der Waals surface area (Å²) in [5.74, 6) is -3.70. The number of anilines is 2. The summed E-state index contributed by atoms with van der Waals surface area (Å²) >= 11 is 0. The topological polar surface area (TPSA) is 152 Å². The number of carbonyl (C=O) groups excluding carboxylic acids is 4. The van der Waals surface area contributed by atoms with Gasteiger partial charge in [0.2, 0.25) is 0 Å². The Morgan fingerprint density at radius 1 is 0.667 bits per heavy atom. The molecule has 2 aliphatic rings. The minimum absolute atomic E-state index is 0.307. The van der Waals surface area contributed by atoms with Gasteiger partial charge in [-0.1, -0.05) is 0 Å². The highest BCUT2D eigenvalue weighted by atomic mass is 16.5. The predicted molar refractivity (Wildman–Crippen MR) is 133 cm³/mol. The molecule has 0 spiro atoms. The van der Waals surface area contributed by atoms with E-state index in [0.717, 1.165) is 39.3 Å². The molecule has 2 fully saturated rings. The van der Waals surface area contributed by atoms with Crippen LogP contribution in [0.25, 0.3) is 0 Å². The van der Waals surface area contributed by atoms with E-state index in [0.29, 0.717) is 63.7 Å². The molecular formula is C24H36N6O6. The molecule has 0 bridgehead atoms. The quantitative estimate of drug-likeness (QED) is 0.376. The van der Waals surface area contributed by atoms with Crippen LogP contribution in [0, 0.1) is 0 Å². The van der Waals surface area contributed by atoms with Gasteiger partial charge in [-0.05, 0) is 37.1 Å². The summed E-state index contributed by atoms with van der Waals surface area (Å²) in [5, 5.41) is 0. The molecule has 0 aliphatic carbocycles. The molecule has 2 saturated heterocycles. The van der Waals surface area contributed by atoms with Crippen LogP contribution in [0.15, 0.2) is 24.3 Å². The minimum Gasteiger partial charge on any atom is -0.379 e. The lowest BCUT2D eigenvalue weighted by atomic mass is 10.2. The van der Waals surface area contributed by atoms with Gasteiger partial charge in [0.15, 0.2) is 0 Å². The van der Waals surface area contributed by atoms with Crippen molar-refractivity contribution in [2.45, 2.75) is 12.8 Å². The predicted octanol–water partition coefficient (Wildman–Crippen LogP) is -1.23. The molecule has 4 amide bonds. The van der Waals surface area contributed by atoms with E-state index in [-0.39, 0.29) is 0 Å². The van der Waals surface area contributed by atoms with Crippen molar-refractivity contribution >= 4 is 35.0 Å². The molecule has 0 unspecified atom stereocenters. The fourth-order valence-corrected chi connectivity index (χ4v) is 4.33. The van der Waals surface area contributed by atoms with Gasteiger partial charge in [-0.25, -0.2) is 0 Å². The zero-order valence-electron chi connectivity index (χ0n) is 20.6. The standard InChI is InChI=1S/C24H36N6O6/c25-21(31)23(33)29(9-1-7-27-11-15-35-16-12-27)19-3-5-20(6-4-19)30(24(34)22(26)32)10-2-8-28-13-17-36-18-14-28/h3-6H,1-2,7-18H2,(H2,25,31)(H2,26,32). The van der Waals surface area contributed by atoms with Crippen LogP contribution < -0.4 is 21.3 Å². The molecule has 0 atom stereocenters. The normalized spacial score (nSPS) is 16.9. The van der Waals surface area contributed by atoms with Gasteiger partial charge in [0.05, 0.1) is 26.4 Å². The number of rotatable bonds is 10. The second-order valence-corrected chi connectivity index (χ2v) is 8.77. The van der Waals surface area contributed by atoms with Crippen LogP contribution in [0.2, 0.25) is 0 Å². The number of primary amides is 2. The maximum atomic E-state index is 12.5. The van der Waals surface area contributed by atoms with Crippen LogP contribution in [0.5, 0.6) is 0 Å². The first-order valence-corrected chi connectivity index (χ1v) is 12.3. The monoisotopic (exact) mass is 504 g/mol. The van der Waals surface area contributed by atoms with Crippen molar-refractivity contribution in [3.8, 4) is 0 Å². The Balaban J connectivity index is 1.66. The molecule has 0 aromatic heterocycles. The highest BCUT2D eigenvalue weighted by molar-refractivity contribution is 6.40. The number of hydrogen-bond acceptors (Lipinski definition) is 8. The number of carbonyl (C=O) groups is 4. The molecule has 3 rings (SSSR count). The van der Waals surface area contributed by atoms with Gasteiger partial charge in [0, 0.05) is 63.7 Å². The van der Waals surface area contributed by atoms with Gasteiger partial charge >= 0.3 is 23.6 Å². The Morgan fingerprint density at radius 3 is 1.31 bits per heavy atom. The Bertz CT molecular complexity index is 826. The van der Waals surface area contributed by atoms with Crippen molar-refractivity contribution in [3.63, 3.8) is 0 Å². The molecule has 12 nitrogen and oxygen atoms in total. The van der Waals surface area contributed by atoms with E-state index in [1.54, 1.807) is 24.3 Å². The van der Waals surface area contributed by atoms with Crippen LogP contribution >= 0.6 is 0 Å². The zero-order chi connectivity index (χ0) is 25.9. The number of morpholine rings is 2. The van der Waals surface area contributed by atoms with Gasteiger partial charge in [-0.2, -0.15) is 0 Å². The lowest BCUT2D eigenvalue weighted by Gasteiger charge is -2.29. The molecular weight excluding hydrogens is 468 g/mol. The third kappa shape index (κ3) is 7.98. The first-order chi connectivity index (χ1) is 17.4. The summed E-state index contributed by atoms with van der Waals surface area (Å²) in [5.41, 5.74) is 11.5. The summed E-state index contributed by atoms with van der Waals surface area (Å²) < 4.78 is 10.7. The summed E-state index contributed by atoms with van der Waals surface area (Å²) in [6.07, 6.45) is 1.29. The molecule has 0 radical (unpaired) electrons. The zero-order valence-corrected chi connectivity index (χ0v) is 20.6. The van der Waals surface area contributed by atoms with Crippen molar-refractivity contribution < 1.29 is 28.7 Å². The number of benzene rings is 1. The molecule has 4 N–H and O–H groups in total. The van der Waals surface area contributed by atoms with Gasteiger partial charge in [-0.3, -0.25) is 29.0 Å². The molecule has 1 aromatic rings. The van der Waals surface area contributed by atoms with E-state index in [1.165, 1.54) is 9.80 Å². The molecule has 12 heteroatoms. The third-order valence-corrected chi connectivity index (χ3v) is 6.30. The number of nitrogens with zero attached hydrogens (tertiary/aromatic N) is 4. The molecule has 2 aliphatic heterocycles. The van der Waals surface area contributed by atoms with Crippen LogP contribution in [0.3, 0.4) is 0 Å². The van der Waals surface area contributed by atoms with Gasteiger partial charge in [0.1, 0.15) is 0 Å². The van der Waals surface area contributed by atoms with Crippen molar-refractivity contribution in [3.05, 3.63) is 24.3 Å². The van der Waals surface area contributed by atoms with Crippen LogP contribution in [-0.2, 0) is 28.7 Å². The highest BCUT2D eigenvalue weighted by Crippen LogP contribution is 2.22. The fraction of sp³-hybridized carbons (Fsp3) is 0.583. The largest absolute Gasteiger partial charge is 0.379 e. The maximum Gasteiger partial charge on any atom is 0.316 e. The maximum absolute atomic E-state index is 12.5. The molecule has 36 heavy (non-hydrogen) atoms. The first-order valence-electron chi connectivity index (χ1n) is 12.3. The van der Waals surface area contributed by atoms with Crippen LogP contribution in [0.1, 0.15) is 12.8 Å². The third-order valence-electron chi connectivity index (χ3n) is 6.30. The number of hydrogen-bond donors (Lipinski definition) is 2. The Hall–Kier alpha value is -3.06. The number of nitrogens with two attached hydrogens (primary N) is 2. The number of ether oxygens (including phenoxy) is 2. The fourth-order valence-electron chi connectivity index (χ4n) is 4.33. The lowest BCUT2D eigenvalue weighted by molar-refractivity contribution is -0.135. The van der Waals surface area contributed by atoms with E-state index in [9.17, 15) is 19.2 Å². The molecule has 198 valence electrons. The molecule has 2 heterocycles. The lowest BCUT2D eigenvalue weighted by Crippen LogP contribution is -2.43. The number of amides is 4. The average molecular weight is 505 g/mol. The molecule has 1 aromatic carbocycles. The van der Waals surface area contributed by atoms with Crippen LogP contribution in [0.4, 0.5) is 11.4 Å². The van der Waals surface area contributed by atoms with E-state index in [1.807, 2.05) is 0 Å². The van der Waals surface area contributed by atoms with E-state index in [4.69, 9.17) is 20.9 Å². The summed E-state index contributed by atoms with van der Waals surface area (Å²) in [4.78, 5) is 55.5. The summed E-state index contributed by atoms with van der Waals surface area (Å²) in [6, 6.07) is 6.53. The first kappa shape index (κ1) is 27.5. The SMILES string of the molecule is NC(=O)C(=O)N(CCCN1CCOCC1)c1ccc(N(CCCN2CCOCC2)C(=O)C(N)=O)cc1. The smallest absolute Gasteiger partial charge is 0.316 e. The second kappa shape index (κ2) is 13.9. The van der Waals surface area contributed by atoms with Crippen molar-refractivity contribution in [1.82, 2.24) is 9.80 Å². The van der Waals surface area contributed by atoms with Gasteiger partial charge < -0.3 is 30.7 Å². The van der Waals surface area contributed by atoms with Gasteiger partial charge in [-0.15, -0.1) is 0 Å². The van der Waals surface area contributed by atoms with Gasteiger partial charge in [0.25, 0.3) is 0 Å². The Morgan fingerprint density at radius 2 is 1.00 bits per heavy atom. The summed E-state index contributed by atoms with van der Waals surface area (Å²) in [7, 11) is 0. The Labute approximate surface area is 211 Å². The van der Waals surface area contributed by atoms with Crippen LogP contribution in [-0.4, -0.2) is 112 Å². The van der Waals surface area contributed by atoms with Crippen molar-refractivity contribution in [2.75, 3.05) is 88.6 Å². The van der Waals surface area contributed by atoms with Crippen molar-refractivity contribution in [1.29, 1.82) is 0 Å².